The smallest absolute Gasteiger partial charge is 0.262 e. The fraction of sp³-hybridized carbons (Fsp3) is 0.111. The Balaban J connectivity index is 1.80. The van der Waals surface area contributed by atoms with Crippen molar-refractivity contribution in [1.29, 1.82) is 0 Å². The maximum atomic E-state index is 11.6. The third kappa shape index (κ3) is 5.49. The van der Waals surface area contributed by atoms with Crippen molar-refractivity contribution < 1.29 is 9.59 Å². The molecular weight excluding hydrogens is 304 g/mol. The van der Waals surface area contributed by atoms with Gasteiger partial charge in [0.1, 0.15) is 0 Å². The van der Waals surface area contributed by atoms with Crippen LogP contribution in [-0.4, -0.2) is 24.2 Å². The summed E-state index contributed by atoms with van der Waals surface area (Å²) in [7, 11) is 0. The molecule has 0 saturated heterocycles. The van der Waals surface area contributed by atoms with Crippen LogP contribution in [0.3, 0.4) is 0 Å². The summed E-state index contributed by atoms with van der Waals surface area (Å²) in [6.07, 6.45) is 2.92. The van der Waals surface area contributed by atoms with Gasteiger partial charge in [-0.15, -0.1) is 0 Å². The molecule has 0 atom stereocenters. The van der Waals surface area contributed by atoms with Gasteiger partial charge in [-0.2, -0.15) is 10.2 Å². The summed E-state index contributed by atoms with van der Waals surface area (Å²) in [6.45, 7) is 3.95. The summed E-state index contributed by atoms with van der Waals surface area (Å²) in [5.74, 6) is -1.78. The predicted octanol–water partition coefficient (Wildman–Crippen LogP) is 1.90. The first-order valence-corrected chi connectivity index (χ1v) is 7.34. The van der Waals surface area contributed by atoms with Crippen LogP contribution in [0.4, 0.5) is 0 Å². The van der Waals surface area contributed by atoms with Gasteiger partial charge < -0.3 is 0 Å². The molecule has 0 bridgehead atoms. The Labute approximate surface area is 140 Å². The molecule has 2 aromatic rings. The topological polar surface area (TPSA) is 82.9 Å². The van der Waals surface area contributed by atoms with E-state index >= 15 is 0 Å². The Bertz CT molecular complexity index is 695. The van der Waals surface area contributed by atoms with Gasteiger partial charge in [0.25, 0.3) is 0 Å². The van der Waals surface area contributed by atoms with E-state index < -0.39 is 11.8 Å². The van der Waals surface area contributed by atoms with Gasteiger partial charge in [0, 0.05) is 0 Å². The van der Waals surface area contributed by atoms with Crippen molar-refractivity contribution in [2.45, 2.75) is 13.8 Å². The monoisotopic (exact) mass is 322 g/mol. The molecule has 0 aliphatic carbocycles. The first kappa shape index (κ1) is 17.1. The lowest BCUT2D eigenvalue weighted by molar-refractivity contribution is -0.139. The average molecular weight is 322 g/mol. The van der Waals surface area contributed by atoms with E-state index in [1.165, 1.54) is 12.4 Å². The number of amides is 2. The molecule has 2 rings (SSSR count). The SMILES string of the molecule is Cc1ccc(/C=N\NC(=O)C(=O)N/N=C\c2ccc(C)cc2)cc1. The van der Waals surface area contributed by atoms with Crippen molar-refractivity contribution in [3.8, 4) is 0 Å². The number of carbonyl (C=O) groups is 2. The molecule has 6 heteroatoms. The van der Waals surface area contributed by atoms with Crippen LogP contribution >= 0.6 is 0 Å². The lowest BCUT2D eigenvalue weighted by Gasteiger charge is -1.99. The Hall–Kier alpha value is -3.28. The summed E-state index contributed by atoms with van der Waals surface area (Å²) in [4.78, 5) is 23.1. The fourth-order valence-electron chi connectivity index (χ4n) is 1.74. The van der Waals surface area contributed by atoms with Gasteiger partial charge >= 0.3 is 11.8 Å². The summed E-state index contributed by atoms with van der Waals surface area (Å²) in [5.41, 5.74) is 8.18. The van der Waals surface area contributed by atoms with E-state index in [1.54, 1.807) is 0 Å². The van der Waals surface area contributed by atoms with Gasteiger partial charge in [-0.05, 0) is 25.0 Å². The molecule has 2 amide bonds. The summed E-state index contributed by atoms with van der Waals surface area (Å²) in [5, 5.41) is 7.46. The predicted molar refractivity (Wildman–Crippen MR) is 93.8 cm³/mol. The molecule has 6 nitrogen and oxygen atoms in total. The molecule has 0 saturated carbocycles. The molecule has 122 valence electrons. The number of benzene rings is 2. The number of nitrogens with zero attached hydrogens (tertiary/aromatic N) is 2. The minimum Gasteiger partial charge on any atom is -0.262 e. The van der Waals surface area contributed by atoms with Gasteiger partial charge in [-0.25, -0.2) is 10.9 Å². The maximum absolute atomic E-state index is 11.6. The van der Waals surface area contributed by atoms with Gasteiger partial charge in [-0.3, -0.25) is 9.59 Å². The third-order valence-electron chi connectivity index (χ3n) is 3.12. The normalized spacial score (nSPS) is 10.9. The minimum absolute atomic E-state index is 0.818. The van der Waals surface area contributed by atoms with E-state index in [-0.39, 0.29) is 0 Å². The van der Waals surface area contributed by atoms with Crippen LogP contribution in [-0.2, 0) is 9.59 Å². The second kappa shape index (κ2) is 8.38. The Morgan fingerprint density at radius 1 is 0.708 bits per heavy atom. The molecule has 2 N–H and O–H groups in total. The lowest BCUT2D eigenvalue weighted by Crippen LogP contribution is -2.35. The van der Waals surface area contributed by atoms with Gasteiger partial charge in [0.05, 0.1) is 12.4 Å². The standard InChI is InChI=1S/C18H18N4O2/c1-13-3-7-15(8-4-13)11-19-21-17(23)18(24)22-20-12-16-9-5-14(2)6-10-16/h3-12H,1-2H3,(H,21,23)(H,22,24)/b19-11-,20-12-. The van der Waals surface area contributed by atoms with Crippen LogP contribution in [0.5, 0.6) is 0 Å². The Morgan fingerprint density at radius 3 is 1.38 bits per heavy atom. The largest absolute Gasteiger partial charge is 0.331 e. The van der Waals surface area contributed by atoms with Gasteiger partial charge in [0.15, 0.2) is 0 Å². The zero-order chi connectivity index (χ0) is 17.4. The zero-order valence-electron chi connectivity index (χ0n) is 13.5. The van der Waals surface area contributed by atoms with E-state index in [9.17, 15) is 9.59 Å². The molecule has 24 heavy (non-hydrogen) atoms. The Morgan fingerprint density at radius 2 is 1.04 bits per heavy atom. The first-order chi connectivity index (χ1) is 11.5. The summed E-state index contributed by atoms with van der Waals surface area (Å²) >= 11 is 0. The van der Waals surface area contributed by atoms with Gasteiger partial charge in [0.2, 0.25) is 0 Å². The molecule has 0 spiro atoms. The molecule has 0 aromatic heterocycles. The fourth-order valence-corrected chi connectivity index (χ4v) is 1.74. The molecule has 0 radical (unpaired) electrons. The highest BCUT2D eigenvalue weighted by Crippen LogP contribution is 2.00. The Kier molecular flexibility index (Phi) is 5.96. The number of carbonyl (C=O) groups excluding carboxylic acids is 2. The van der Waals surface area contributed by atoms with Crippen molar-refractivity contribution >= 4 is 24.2 Å². The van der Waals surface area contributed by atoms with Crippen molar-refractivity contribution in [3.05, 3.63) is 70.8 Å². The van der Waals surface area contributed by atoms with E-state index in [1.807, 2.05) is 62.4 Å². The van der Waals surface area contributed by atoms with Crippen LogP contribution in [0, 0.1) is 13.8 Å². The summed E-state index contributed by atoms with van der Waals surface area (Å²) in [6, 6.07) is 15.1. The zero-order valence-corrected chi connectivity index (χ0v) is 13.5. The van der Waals surface area contributed by atoms with Crippen LogP contribution in [0.25, 0.3) is 0 Å². The van der Waals surface area contributed by atoms with E-state index in [0.29, 0.717) is 0 Å². The molecular formula is C18H18N4O2. The summed E-state index contributed by atoms with van der Waals surface area (Å²) < 4.78 is 0. The number of rotatable bonds is 4. The molecule has 0 aliphatic rings. The maximum Gasteiger partial charge on any atom is 0.331 e. The first-order valence-electron chi connectivity index (χ1n) is 7.34. The van der Waals surface area contributed by atoms with E-state index in [2.05, 4.69) is 21.1 Å². The van der Waals surface area contributed by atoms with Crippen LogP contribution in [0.2, 0.25) is 0 Å². The number of hydrogen-bond donors (Lipinski definition) is 2. The second-order valence-electron chi connectivity index (χ2n) is 5.22. The lowest BCUT2D eigenvalue weighted by atomic mass is 10.2. The number of nitrogens with one attached hydrogen (secondary N) is 2. The number of aryl methyl sites for hydroxylation is 2. The van der Waals surface area contributed by atoms with Crippen LogP contribution < -0.4 is 10.9 Å². The highest BCUT2D eigenvalue weighted by molar-refractivity contribution is 6.35. The second-order valence-corrected chi connectivity index (χ2v) is 5.22. The highest BCUT2D eigenvalue weighted by atomic mass is 16.2. The quantitative estimate of drug-likeness (QED) is 0.512. The molecule has 2 aromatic carbocycles. The third-order valence-corrected chi connectivity index (χ3v) is 3.12. The average Bonchev–Trinajstić information content (AvgIpc) is 2.58. The molecule has 0 fully saturated rings. The molecule has 0 aliphatic heterocycles. The molecule has 0 unspecified atom stereocenters. The van der Waals surface area contributed by atoms with E-state index in [4.69, 9.17) is 0 Å². The minimum atomic E-state index is -0.889. The van der Waals surface area contributed by atoms with Crippen molar-refractivity contribution in [2.75, 3.05) is 0 Å². The van der Waals surface area contributed by atoms with Crippen LogP contribution in [0.15, 0.2) is 58.7 Å². The number of hydrazone groups is 2. The number of hydrogen-bond acceptors (Lipinski definition) is 4. The van der Waals surface area contributed by atoms with E-state index in [0.717, 1.165) is 22.3 Å². The van der Waals surface area contributed by atoms with Crippen molar-refractivity contribution in [1.82, 2.24) is 10.9 Å². The van der Waals surface area contributed by atoms with Crippen LogP contribution in [0.1, 0.15) is 22.3 Å². The highest BCUT2D eigenvalue weighted by Gasteiger charge is 2.10. The van der Waals surface area contributed by atoms with Crippen molar-refractivity contribution in [3.63, 3.8) is 0 Å². The van der Waals surface area contributed by atoms with Crippen molar-refractivity contribution in [2.24, 2.45) is 10.2 Å². The molecule has 0 heterocycles. The van der Waals surface area contributed by atoms with Gasteiger partial charge in [-0.1, -0.05) is 59.7 Å².